The number of hydrogen-bond donors (Lipinski definition) is 3. The maximum Gasteiger partial charge on any atom is 0.335 e. The molecule has 0 spiro atoms. The maximum absolute atomic E-state index is 12.7. The third-order valence-electron chi connectivity index (χ3n) is 4.05. The molecule has 3 N–H and O–H groups in total. The largest absolute Gasteiger partial charge is 0.507 e. The van der Waals surface area contributed by atoms with Gasteiger partial charge in [-0.3, -0.25) is 19.7 Å². The second kappa shape index (κ2) is 8.21. The summed E-state index contributed by atoms with van der Waals surface area (Å²) in [4.78, 5) is 49.7. The van der Waals surface area contributed by atoms with Crippen LogP contribution in [0.15, 0.2) is 53.6 Å². The molecule has 1 saturated heterocycles. The van der Waals surface area contributed by atoms with Crippen LogP contribution < -0.4 is 20.4 Å². The van der Waals surface area contributed by atoms with Crippen molar-refractivity contribution < 1.29 is 29.0 Å². The van der Waals surface area contributed by atoms with E-state index in [-0.39, 0.29) is 17.0 Å². The van der Waals surface area contributed by atoms with Crippen LogP contribution in [0, 0.1) is 5.92 Å². The summed E-state index contributed by atoms with van der Waals surface area (Å²) in [5, 5.41) is 15.3. The van der Waals surface area contributed by atoms with Crippen LogP contribution >= 0.6 is 0 Å². The zero-order valence-corrected chi connectivity index (χ0v) is 15.2. The van der Waals surface area contributed by atoms with Gasteiger partial charge in [-0.15, -0.1) is 0 Å². The van der Waals surface area contributed by atoms with E-state index in [1.54, 1.807) is 24.3 Å². The van der Waals surface area contributed by atoms with Crippen molar-refractivity contribution in [2.45, 2.75) is 0 Å². The zero-order chi connectivity index (χ0) is 21.0. The molecule has 0 aromatic heterocycles. The Balaban J connectivity index is 1.78. The first-order valence-electron chi connectivity index (χ1n) is 8.36. The molecular weight excluding hydrogens is 380 g/mol. The van der Waals surface area contributed by atoms with Crippen LogP contribution in [0.5, 0.6) is 11.5 Å². The van der Waals surface area contributed by atoms with Crippen molar-refractivity contribution in [3.05, 3.63) is 54.1 Å². The molecule has 1 aliphatic heterocycles. The SMILES string of the molecule is COc1cccc(N2C(=O)NC(=O)[C@H](/C=N\NC(=O)c3ccccc3O)C2=O)c1. The van der Waals surface area contributed by atoms with Gasteiger partial charge in [-0.1, -0.05) is 18.2 Å². The number of phenolic OH excluding ortho intramolecular Hbond substituents is 1. The molecule has 1 aliphatic rings. The van der Waals surface area contributed by atoms with E-state index >= 15 is 0 Å². The van der Waals surface area contributed by atoms with Crippen LogP contribution in [0.4, 0.5) is 10.5 Å². The summed E-state index contributed by atoms with van der Waals surface area (Å²) in [5.41, 5.74) is 2.30. The summed E-state index contributed by atoms with van der Waals surface area (Å²) in [5.74, 6) is -3.72. The molecule has 0 unspecified atom stereocenters. The fraction of sp³-hybridized carbons (Fsp3) is 0.105. The minimum Gasteiger partial charge on any atom is -0.507 e. The van der Waals surface area contributed by atoms with Gasteiger partial charge in [0.2, 0.25) is 5.91 Å². The number of nitrogens with zero attached hydrogens (tertiary/aromatic N) is 2. The third-order valence-corrected chi connectivity index (χ3v) is 4.05. The number of ether oxygens (including phenoxy) is 1. The van der Waals surface area contributed by atoms with Crippen molar-refractivity contribution in [2.24, 2.45) is 11.0 Å². The standard InChI is InChI=1S/C19H16N4O6/c1-29-12-6-4-5-11(9-12)23-18(27)14(16(25)21-19(23)28)10-20-22-17(26)13-7-2-3-8-15(13)24/h2-10,14,24H,1H3,(H,22,26)(H,21,25,28)/b20-10-/t14-/m0/s1. The van der Waals surface area contributed by atoms with E-state index < -0.39 is 29.7 Å². The van der Waals surface area contributed by atoms with Gasteiger partial charge in [0.15, 0.2) is 5.92 Å². The molecule has 10 heteroatoms. The summed E-state index contributed by atoms with van der Waals surface area (Å²) < 4.78 is 5.08. The first kappa shape index (κ1) is 19.5. The molecule has 3 rings (SSSR count). The molecule has 0 aliphatic carbocycles. The molecule has 10 nitrogen and oxygen atoms in total. The van der Waals surface area contributed by atoms with Crippen LogP contribution in [0.25, 0.3) is 0 Å². The van der Waals surface area contributed by atoms with Crippen LogP contribution in [-0.2, 0) is 9.59 Å². The van der Waals surface area contributed by atoms with Gasteiger partial charge in [0.1, 0.15) is 11.5 Å². The number of urea groups is 1. The number of benzene rings is 2. The van der Waals surface area contributed by atoms with E-state index in [4.69, 9.17) is 4.74 Å². The number of imide groups is 2. The monoisotopic (exact) mass is 396 g/mol. The molecule has 1 heterocycles. The Morgan fingerprint density at radius 3 is 2.69 bits per heavy atom. The average Bonchev–Trinajstić information content (AvgIpc) is 2.70. The second-order valence-corrected chi connectivity index (χ2v) is 5.88. The van der Waals surface area contributed by atoms with Crippen LogP contribution in [0.3, 0.4) is 0 Å². The predicted molar refractivity (Wildman–Crippen MR) is 102 cm³/mol. The molecule has 0 bridgehead atoms. The molecule has 0 saturated carbocycles. The Labute approximate surface area is 164 Å². The summed E-state index contributed by atoms with van der Waals surface area (Å²) in [6.45, 7) is 0. The van der Waals surface area contributed by atoms with E-state index in [1.165, 1.54) is 31.4 Å². The highest BCUT2D eigenvalue weighted by atomic mass is 16.5. The first-order chi connectivity index (χ1) is 13.9. The highest BCUT2D eigenvalue weighted by Crippen LogP contribution is 2.24. The van der Waals surface area contributed by atoms with Gasteiger partial charge in [0.25, 0.3) is 11.8 Å². The van der Waals surface area contributed by atoms with Gasteiger partial charge < -0.3 is 9.84 Å². The summed E-state index contributed by atoms with van der Waals surface area (Å²) in [7, 11) is 1.43. The lowest BCUT2D eigenvalue weighted by Gasteiger charge is -2.28. The fourth-order valence-corrected chi connectivity index (χ4v) is 2.61. The Hall–Kier alpha value is -4.21. The van der Waals surface area contributed by atoms with E-state index in [2.05, 4.69) is 15.8 Å². The number of phenols is 1. The minimum atomic E-state index is -1.44. The van der Waals surface area contributed by atoms with Gasteiger partial charge in [-0.25, -0.2) is 15.1 Å². The van der Waals surface area contributed by atoms with Crippen molar-refractivity contribution in [3.8, 4) is 11.5 Å². The summed E-state index contributed by atoms with van der Waals surface area (Å²) in [6.07, 6.45) is 0.912. The number of barbiturate groups is 1. The van der Waals surface area contributed by atoms with Crippen molar-refractivity contribution in [2.75, 3.05) is 12.0 Å². The molecular formula is C19H16N4O6. The van der Waals surface area contributed by atoms with E-state index in [0.717, 1.165) is 11.1 Å². The molecule has 0 radical (unpaired) electrons. The molecule has 1 fully saturated rings. The lowest BCUT2D eigenvalue weighted by Crippen LogP contribution is -2.58. The normalized spacial score (nSPS) is 16.7. The highest BCUT2D eigenvalue weighted by Gasteiger charge is 2.40. The number of anilines is 1. The average molecular weight is 396 g/mol. The zero-order valence-electron chi connectivity index (χ0n) is 15.2. The number of carbonyl (C=O) groups is 4. The lowest BCUT2D eigenvalue weighted by atomic mass is 10.1. The number of hydrogen-bond acceptors (Lipinski definition) is 7. The summed E-state index contributed by atoms with van der Waals surface area (Å²) in [6, 6.07) is 11.1. The lowest BCUT2D eigenvalue weighted by molar-refractivity contribution is -0.131. The topological polar surface area (TPSA) is 137 Å². The van der Waals surface area contributed by atoms with Crippen molar-refractivity contribution in [3.63, 3.8) is 0 Å². The smallest absolute Gasteiger partial charge is 0.335 e. The molecule has 5 amide bonds. The van der Waals surface area contributed by atoms with Gasteiger partial charge in [0, 0.05) is 12.3 Å². The van der Waals surface area contributed by atoms with Gasteiger partial charge in [0.05, 0.1) is 18.4 Å². The number of methoxy groups -OCH3 is 1. The fourth-order valence-electron chi connectivity index (χ4n) is 2.61. The number of para-hydroxylation sites is 1. The Kier molecular flexibility index (Phi) is 5.54. The van der Waals surface area contributed by atoms with Crippen molar-refractivity contribution >= 4 is 35.7 Å². The van der Waals surface area contributed by atoms with E-state index in [0.29, 0.717) is 5.75 Å². The van der Waals surface area contributed by atoms with Gasteiger partial charge >= 0.3 is 6.03 Å². The van der Waals surface area contributed by atoms with Crippen LogP contribution in [0.2, 0.25) is 0 Å². The summed E-state index contributed by atoms with van der Waals surface area (Å²) >= 11 is 0. The molecule has 1 atom stereocenters. The van der Waals surface area contributed by atoms with Crippen LogP contribution in [0.1, 0.15) is 10.4 Å². The van der Waals surface area contributed by atoms with E-state index in [9.17, 15) is 24.3 Å². The Morgan fingerprint density at radius 2 is 1.97 bits per heavy atom. The Morgan fingerprint density at radius 1 is 1.21 bits per heavy atom. The van der Waals surface area contributed by atoms with E-state index in [1.807, 2.05) is 0 Å². The molecule has 29 heavy (non-hydrogen) atoms. The Bertz CT molecular complexity index is 1020. The highest BCUT2D eigenvalue weighted by molar-refractivity contribution is 6.32. The van der Waals surface area contributed by atoms with Crippen molar-refractivity contribution in [1.29, 1.82) is 0 Å². The number of aromatic hydroxyl groups is 1. The molecule has 2 aromatic carbocycles. The number of hydrazone groups is 1. The first-order valence-corrected chi connectivity index (χ1v) is 8.36. The third kappa shape index (κ3) is 4.05. The number of nitrogens with one attached hydrogen (secondary N) is 2. The van der Waals surface area contributed by atoms with Crippen molar-refractivity contribution in [1.82, 2.24) is 10.7 Å². The molecule has 2 aromatic rings. The van der Waals surface area contributed by atoms with Crippen LogP contribution in [-0.4, -0.2) is 42.2 Å². The minimum absolute atomic E-state index is 0.0303. The number of carbonyl (C=O) groups excluding carboxylic acids is 4. The maximum atomic E-state index is 12.7. The predicted octanol–water partition coefficient (Wildman–Crippen LogP) is 1.02. The van der Waals surface area contributed by atoms with Gasteiger partial charge in [-0.2, -0.15) is 5.10 Å². The molecule has 148 valence electrons. The number of amides is 5. The second-order valence-electron chi connectivity index (χ2n) is 5.88. The van der Waals surface area contributed by atoms with Gasteiger partial charge in [-0.05, 0) is 24.3 Å². The number of rotatable bonds is 5. The quantitative estimate of drug-likeness (QED) is 0.392.